The number of methoxy groups -OCH3 is 1. The van der Waals surface area contributed by atoms with Crippen molar-refractivity contribution >= 4 is 39.1 Å². The third kappa shape index (κ3) is 5.01. The number of rotatable bonds is 6. The van der Waals surface area contributed by atoms with Gasteiger partial charge in [0.05, 0.1) is 18.6 Å². The lowest BCUT2D eigenvalue weighted by molar-refractivity contribution is 0.415. The number of aromatic nitrogens is 2. The molecule has 31 heavy (non-hydrogen) atoms. The molecule has 0 atom stereocenters. The lowest BCUT2D eigenvalue weighted by Gasteiger charge is -2.12. The fourth-order valence-corrected chi connectivity index (χ4v) is 3.86. The zero-order valence-electron chi connectivity index (χ0n) is 16.0. The first-order valence-corrected chi connectivity index (χ1v) is 10.6. The Morgan fingerprint density at radius 2 is 1.77 bits per heavy atom. The minimum Gasteiger partial charge on any atom is -0.497 e. The molecule has 0 spiro atoms. The van der Waals surface area contributed by atoms with Crippen molar-refractivity contribution < 1.29 is 18.3 Å². The van der Waals surface area contributed by atoms with Crippen LogP contribution in [-0.4, -0.2) is 17.3 Å². The Labute approximate surface area is 195 Å². The molecule has 4 rings (SSSR count). The van der Waals surface area contributed by atoms with Gasteiger partial charge >= 0.3 is 0 Å². The molecule has 0 N–H and O–H groups in total. The Hall–Kier alpha value is -2.61. The molecule has 158 valence electrons. The molecule has 0 saturated heterocycles. The number of hydrogen-bond donors (Lipinski definition) is 0. The highest BCUT2D eigenvalue weighted by Crippen LogP contribution is 2.36. The first-order valence-electron chi connectivity index (χ1n) is 9.00. The standard InChI is InChI=1S/C22H14BrCl2FN2O3/c1-29-16-5-2-12(3-6-16)22-28-27-19(31-22)8-13-4-7-18(25)21(20(13)26)30-17-10-14(23)9-15(24)11-17/h2-7,9-11H,8H2,1H3. The zero-order chi connectivity index (χ0) is 22.0. The monoisotopic (exact) mass is 522 g/mol. The first-order chi connectivity index (χ1) is 14.9. The second-order valence-corrected chi connectivity index (χ2v) is 8.22. The van der Waals surface area contributed by atoms with Gasteiger partial charge in [0, 0.05) is 20.6 Å². The first kappa shape index (κ1) is 21.6. The summed E-state index contributed by atoms with van der Waals surface area (Å²) >= 11 is 15.5. The average Bonchev–Trinajstić information content (AvgIpc) is 3.21. The maximum absolute atomic E-state index is 15.2. The Kier molecular flexibility index (Phi) is 6.46. The largest absolute Gasteiger partial charge is 0.497 e. The van der Waals surface area contributed by atoms with E-state index in [4.69, 9.17) is 37.1 Å². The normalized spacial score (nSPS) is 10.9. The van der Waals surface area contributed by atoms with E-state index in [9.17, 15) is 0 Å². The Morgan fingerprint density at radius 3 is 2.48 bits per heavy atom. The Bertz CT molecular complexity index is 1210. The van der Waals surface area contributed by atoms with Crippen LogP contribution in [0.5, 0.6) is 17.2 Å². The highest BCUT2D eigenvalue weighted by molar-refractivity contribution is 9.10. The molecule has 0 unspecified atom stereocenters. The minimum atomic E-state index is -0.618. The van der Waals surface area contributed by atoms with Crippen LogP contribution in [0.1, 0.15) is 11.5 Å². The second-order valence-electron chi connectivity index (χ2n) is 6.46. The van der Waals surface area contributed by atoms with Gasteiger partial charge in [0.25, 0.3) is 0 Å². The number of ether oxygens (including phenoxy) is 2. The van der Waals surface area contributed by atoms with Gasteiger partial charge in [0.2, 0.25) is 11.8 Å². The predicted octanol–water partition coefficient (Wildman–Crippen LogP) is 7.34. The van der Waals surface area contributed by atoms with Crippen LogP contribution in [0.2, 0.25) is 10.0 Å². The molecule has 0 aliphatic rings. The van der Waals surface area contributed by atoms with Crippen LogP contribution in [0, 0.1) is 5.82 Å². The molecule has 3 aromatic carbocycles. The van der Waals surface area contributed by atoms with E-state index in [-0.39, 0.29) is 23.1 Å². The molecule has 1 aromatic heterocycles. The van der Waals surface area contributed by atoms with Crippen molar-refractivity contribution in [2.24, 2.45) is 0 Å². The number of nitrogens with zero attached hydrogens (tertiary/aromatic N) is 2. The SMILES string of the molecule is COc1ccc(-c2nnc(Cc3ccc(Cl)c(Oc4cc(Cl)cc(Br)c4)c3F)o2)cc1. The van der Waals surface area contributed by atoms with Gasteiger partial charge < -0.3 is 13.9 Å². The molecule has 0 aliphatic heterocycles. The molecule has 0 bridgehead atoms. The molecule has 0 amide bonds. The van der Waals surface area contributed by atoms with Crippen LogP contribution in [0.25, 0.3) is 11.5 Å². The van der Waals surface area contributed by atoms with Crippen LogP contribution in [0.4, 0.5) is 4.39 Å². The van der Waals surface area contributed by atoms with Gasteiger partial charge in [-0.25, -0.2) is 4.39 Å². The van der Waals surface area contributed by atoms with Gasteiger partial charge in [-0.2, -0.15) is 0 Å². The van der Waals surface area contributed by atoms with Gasteiger partial charge in [-0.1, -0.05) is 45.2 Å². The van der Waals surface area contributed by atoms with E-state index in [0.717, 1.165) is 5.56 Å². The minimum absolute atomic E-state index is 0.0712. The summed E-state index contributed by atoms with van der Waals surface area (Å²) in [6.07, 6.45) is 0.0712. The zero-order valence-corrected chi connectivity index (χ0v) is 19.1. The molecule has 9 heteroatoms. The van der Waals surface area contributed by atoms with Crippen LogP contribution >= 0.6 is 39.1 Å². The van der Waals surface area contributed by atoms with Gasteiger partial charge in [-0.15, -0.1) is 10.2 Å². The summed E-state index contributed by atoms with van der Waals surface area (Å²) in [5, 5.41) is 8.62. The van der Waals surface area contributed by atoms with Crippen LogP contribution < -0.4 is 9.47 Å². The van der Waals surface area contributed by atoms with E-state index >= 15 is 4.39 Å². The van der Waals surface area contributed by atoms with E-state index in [2.05, 4.69) is 26.1 Å². The van der Waals surface area contributed by atoms with E-state index in [0.29, 0.717) is 32.4 Å². The smallest absolute Gasteiger partial charge is 0.247 e. The number of halogens is 4. The molecular weight excluding hydrogens is 510 g/mol. The van der Waals surface area contributed by atoms with E-state index in [1.165, 1.54) is 0 Å². The van der Waals surface area contributed by atoms with Crippen LogP contribution in [-0.2, 0) is 6.42 Å². The molecule has 0 fully saturated rings. The number of hydrogen-bond acceptors (Lipinski definition) is 5. The maximum Gasteiger partial charge on any atom is 0.247 e. The van der Waals surface area contributed by atoms with E-state index in [1.54, 1.807) is 61.7 Å². The predicted molar refractivity (Wildman–Crippen MR) is 120 cm³/mol. The van der Waals surface area contributed by atoms with Crippen LogP contribution in [0.15, 0.2) is 63.5 Å². The molecule has 0 radical (unpaired) electrons. The molecule has 0 aliphatic carbocycles. The third-order valence-corrected chi connectivity index (χ3v) is 5.30. The quantitative estimate of drug-likeness (QED) is 0.264. The summed E-state index contributed by atoms with van der Waals surface area (Å²) in [6.45, 7) is 0. The molecule has 5 nitrogen and oxygen atoms in total. The number of benzene rings is 3. The van der Waals surface area contributed by atoms with Gasteiger partial charge in [0.1, 0.15) is 11.5 Å². The lowest BCUT2D eigenvalue weighted by atomic mass is 10.1. The summed E-state index contributed by atoms with van der Waals surface area (Å²) < 4.78 is 32.4. The maximum atomic E-state index is 15.2. The molecule has 0 saturated carbocycles. The second kappa shape index (κ2) is 9.26. The van der Waals surface area contributed by atoms with Crippen molar-refractivity contribution in [1.29, 1.82) is 0 Å². The van der Waals surface area contributed by atoms with Gasteiger partial charge in [-0.3, -0.25) is 0 Å². The summed E-state index contributed by atoms with van der Waals surface area (Å²) in [4.78, 5) is 0. The summed E-state index contributed by atoms with van der Waals surface area (Å²) in [6, 6.07) is 15.2. The van der Waals surface area contributed by atoms with Crippen molar-refractivity contribution in [3.05, 3.63) is 86.4 Å². The highest BCUT2D eigenvalue weighted by atomic mass is 79.9. The topological polar surface area (TPSA) is 57.4 Å². The fraction of sp³-hybridized carbons (Fsp3) is 0.0909. The van der Waals surface area contributed by atoms with E-state index in [1.807, 2.05) is 0 Å². The van der Waals surface area contributed by atoms with Crippen molar-refractivity contribution in [2.45, 2.75) is 6.42 Å². The Balaban J connectivity index is 1.58. The van der Waals surface area contributed by atoms with Crippen molar-refractivity contribution in [3.63, 3.8) is 0 Å². The summed E-state index contributed by atoms with van der Waals surface area (Å²) in [5.74, 6) is 0.912. The van der Waals surface area contributed by atoms with Crippen molar-refractivity contribution in [3.8, 4) is 28.7 Å². The van der Waals surface area contributed by atoms with Gasteiger partial charge in [-0.05, 0) is 48.5 Å². The lowest BCUT2D eigenvalue weighted by Crippen LogP contribution is -1.98. The summed E-state index contributed by atoms with van der Waals surface area (Å²) in [5.41, 5.74) is 1.03. The third-order valence-electron chi connectivity index (χ3n) is 4.33. The van der Waals surface area contributed by atoms with Crippen molar-refractivity contribution in [2.75, 3.05) is 7.11 Å². The molecule has 1 heterocycles. The molecular formula is C22H14BrCl2FN2O3. The van der Waals surface area contributed by atoms with Crippen LogP contribution in [0.3, 0.4) is 0 Å². The fourth-order valence-electron chi connectivity index (χ4n) is 2.85. The highest BCUT2D eigenvalue weighted by Gasteiger charge is 2.18. The molecule has 4 aromatic rings. The van der Waals surface area contributed by atoms with E-state index < -0.39 is 5.82 Å². The summed E-state index contributed by atoms with van der Waals surface area (Å²) in [7, 11) is 1.59. The Morgan fingerprint density at radius 1 is 1.00 bits per heavy atom. The van der Waals surface area contributed by atoms with Gasteiger partial charge in [0.15, 0.2) is 11.6 Å². The van der Waals surface area contributed by atoms with Crippen molar-refractivity contribution in [1.82, 2.24) is 10.2 Å². The average molecular weight is 524 g/mol.